The van der Waals surface area contributed by atoms with Crippen molar-refractivity contribution in [3.8, 4) is 0 Å². The molecular formula is C14H21N3OS. The number of urea groups is 1. The van der Waals surface area contributed by atoms with Crippen LogP contribution in [0.4, 0.5) is 4.79 Å². The summed E-state index contributed by atoms with van der Waals surface area (Å²) in [6.45, 7) is 3.82. The summed E-state index contributed by atoms with van der Waals surface area (Å²) in [4.78, 5) is 18.4. The van der Waals surface area contributed by atoms with Crippen molar-refractivity contribution < 1.29 is 4.79 Å². The maximum atomic E-state index is 12.2. The summed E-state index contributed by atoms with van der Waals surface area (Å²) in [5, 5.41) is 5.97. The molecule has 2 aliphatic rings. The molecule has 1 atom stereocenters. The predicted octanol–water partition coefficient (Wildman–Crippen LogP) is 3.18. The predicted molar refractivity (Wildman–Crippen MR) is 76.2 cm³/mol. The van der Waals surface area contributed by atoms with Gasteiger partial charge in [-0.3, -0.25) is 0 Å². The number of aromatic nitrogens is 1. The quantitative estimate of drug-likeness (QED) is 0.903. The molecule has 1 N–H and O–H groups in total. The molecule has 104 valence electrons. The number of hydrogen-bond acceptors (Lipinski definition) is 3. The van der Waals surface area contributed by atoms with Crippen LogP contribution in [0.3, 0.4) is 0 Å². The van der Waals surface area contributed by atoms with Gasteiger partial charge in [-0.25, -0.2) is 9.78 Å². The zero-order valence-electron chi connectivity index (χ0n) is 11.4. The molecule has 1 spiro atoms. The van der Waals surface area contributed by atoms with E-state index in [1.54, 1.807) is 17.5 Å². The van der Waals surface area contributed by atoms with Gasteiger partial charge >= 0.3 is 6.03 Å². The van der Waals surface area contributed by atoms with E-state index in [0.29, 0.717) is 5.41 Å². The highest BCUT2D eigenvalue weighted by molar-refractivity contribution is 7.09. The zero-order valence-corrected chi connectivity index (χ0v) is 12.2. The van der Waals surface area contributed by atoms with Crippen molar-refractivity contribution in [1.29, 1.82) is 0 Å². The Bertz CT molecular complexity index is 432. The molecule has 1 saturated carbocycles. The normalized spacial score (nSPS) is 22.9. The van der Waals surface area contributed by atoms with Gasteiger partial charge in [0.25, 0.3) is 0 Å². The molecule has 0 radical (unpaired) electrons. The molecule has 1 unspecified atom stereocenters. The number of amides is 2. The third kappa shape index (κ3) is 2.61. The van der Waals surface area contributed by atoms with Crippen LogP contribution in [0.25, 0.3) is 0 Å². The van der Waals surface area contributed by atoms with Crippen molar-refractivity contribution in [2.75, 3.05) is 13.1 Å². The maximum Gasteiger partial charge on any atom is 0.317 e. The number of carbonyl (C=O) groups excluding carboxylic acids is 1. The second kappa shape index (κ2) is 5.12. The van der Waals surface area contributed by atoms with Gasteiger partial charge in [0.05, 0.1) is 6.04 Å². The average molecular weight is 279 g/mol. The summed E-state index contributed by atoms with van der Waals surface area (Å²) in [6, 6.07) is 0.0731. The first-order chi connectivity index (χ1) is 9.19. The van der Waals surface area contributed by atoms with Crippen LogP contribution in [-0.4, -0.2) is 29.0 Å². The number of rotatable bonds is 2. The first-order valence-electron chi connectivity index (χ1n) is 7.13. The Kier molecular flexibility index (Phi) is 3.48. The number of thiazole rings is 1. The van der Waals surface area contributed by atoms with Crippen molar-refractivity contribution in [2.45, 2.75) is 45.1 Å². The Hall–Kier alpha value is -1.10. The standard InChI is InChI=1S/C14H21N3OS/c1-11(12-15-7-10-19-12)16-13(18)17-8-5-14(6-9-17)3-2-4-14/h7,10-11H,2-6,8-9H2,1H3,(H,16,18). The molecule has 1 aromatic rings. The summed E-state index contributed by atoms with van der Waals surface area (Å²) in [5.74, 6) is 0. The molecule has 19 heavy (non-hydrogen) atoms. The highest BCUT2D eigenvalue weighted by atomic mass is 32.1. The lowest BCUT2D eigenvalue weighted by Crippen LogP contribution is -2.49. The number of carbonyl (C=O) groups is 1. The average Bonchev–Trinajstić information content (AvgIpc) is 2.91. The third-order valence-electron chi connectivity index (χ3n) is 4.69. The minimum atomic E-state index is 0.00656. The fourth-order valence-electron chi connectivity index (χ4n) is 3.15. The second-order valence-electron chi connectivity index (χ2n) is 5.88. The van der Waals surface area contributed by atoms with Gasteiger partial charge in [0, 0.05) is 24.7 Å². The van der Waals surface area contributed by atoms with Crippen molar-refractivity contribution in [1.82, 2.24) is 15.2 Å². The molecule has 1 aromatic heterocycles. The van der Waals surface area contributed by atoms with E-state index in [9.17, 15) is 4.79 Å². The van der Waals surface area contributed by atoms with Gasteiger partial charge < -0.3 is 10.2 Å². The molecule has 1 saturated heterocycles. The van der Waals surface area contributed by atoms with Crippen LogP contribution in [-0.2, 0) is 0 Å². The smallest absolute Gasteiger partial charge is 0.317 e. The van der Waals surface area contributed by atoms with Gasteiger partial charge in [0.15, 0.2) is 0 Å². The van der Waals surface area contributed by atoms with Crippen molar-refractivity contribution in [3.63, 3.8) is 0 Å². The van der Waals surface area contributed by atoms with E-state index < -0.39 is 0 Å². The number of nitrogens with one attached hydrogen (secondary N) is 1. The van der Waals surface area contributed by atoms with E-state index in [0.717, 1.165) is 18.1 Å². The molecule has 3 rings (SSSR count). The topological polar surface area (TPSA) is 45.2 Å². The van der Waals surface area contributed by atoms with Crippen molar-refractivity contribution >= 4 is 17.4 Å². The van der Waals surface area contributed by atoms with Crippen LogP contribution in [0.5, 0.6) is 0 Å². The monoisotopic (exact) mass is 279 g/mol. The summed E-state index contributed by atoms with van der Waals surface area (Å²) in [7, 11) is 0. The Morgan fingerprint density at radius 1 is 1.42 bits per heavy atom. The van der Waals surface area contributed by atoms with E-state index in [2.05, 4.69) is 10.3 Å². The second-order valence-corrected chi connectivity index (χ2v) is 6.81. The highest BCUT2D eigenvalue weighted by Gasteiger charge is 2.40. The number of nitrogens with zero attached hydrogens (tertiary/aromatic N) is 2. The van der Waals surface area contributed by atoms with Gasteiger partial charge in [-0.15, -0.1) is 11.3 Å². The first-order valence-corrected chi connectivity index (χ1v) is 8.01. The third-order valence-corrected chi connectivity index (χ3v) is 5.65. The minimum absolute atomic E-state index is 0.00656. The molecule has 1 aliphatic heterocycles. The van der Waals surface area contributed by atoms with Crippen LogP contribution in [0.1, 0.15) is 50.1 Å². The van der Waals surface area contributed by atoms with Crippen molar-refractivity contribution in [2.24, 2.45) is 5.41 Å². The van der Waals surface area contributed by atoms with Gasteiger partial charge in [-0.05, 0) is 38.0 Å². The Morgan fingerprint density at radius 2 is 2.16 bits per heavy atom. The van der Waals surface area contributed by atoms with E-state index in [1.807, 2.05) is 17.2 Å². The number of likely N-dealkylation sites (tertiary alicyclic amines) is 1. The Balaban J connectivity index is 1.51. The fourth-order valence-corrected chi connectivity index (χ4v) is 3.79. The molecule has 1 aliphatic carbocycles. The molecule has 0 aromatic carbocycles. The van der Waals surface area contributed by atoms with E-state index in [4.69, 9.17) is 0 Å². The van der Waals surface area contributed by atoms with Crippen molar-refractivity contribution in [3.05, 3.63) is 16.6 Å². The fraction of sp³-hybridized carbons (Fsp3) is 0.714. The van der Waals surface area contributed by atoms with Gasteiger partial charge in [-0.1, -0.05) is 6.42 Å². The minimum Gasteiger partial charge on any atom is -0.329 e. The lowest BCUT2D eigenvalue weighted by atomic mass is 9.63. The summed E-state index contributed by atoms with van der Waals surface area (Å²) >= 11 is 1.59. The lowest BCUT2D eigenvalue weighted by molar-refractivity contribution is 0.0459. The van der Waals surface area contributed by atoms with E-state index in [1.165, 1.54) is 32.1 Å². The van der Waals surface area contributed by atoms with E-state index >= 15 is 0 Å². The molecule has 2 amide bonds. The maximum absolute atomic E-state index is 12.2. The Labute approximate surface area is 118 Å². The largest absolute Gasteiger partial charge is 0.329 e. The molecular weight excluding hydrogens is 258 g/mol. The van der Waals surface area contributed by atoms with E-state index in [-0.39, 0.29) is 12.1 Å². The Morgan fingerprint density at radius 3 is 2.68 bits per heavy atom. The number of hydrogen-bond donors (Lipinski definition) is 1. The first kappa shape index (κ1) is 12.9. The SMILES string of the molecule is CC(NC(=O)N1CCC2(CCC2)CC1)c1nccs1. The molecule has 4 nitrogen and oxygen atoms in total. The van der Waals surface area contributed by atoms with Crippen LogP contribution >= 0.6 is 11.3 Å². The zero-order chi connectivity index (χ0) is 13.3. The highest BCUT2D eigenvalue weighted by Crippen LogP contribution is 2.48. The molecule has 0 bridgehead atoms. The summed E-state index contributed by atoms with van der Waals surface area (Å²) in [5.41, 5.74) is 0.595. The number of piperidine rings is 1. The molecule has 2 fully saturated rings. The summed E-state index contributed by atoms with van der Waals surface area (Å²) in [6.07, 6.45) is 8.28. The molecule has 2 heterocycles. The summed E-state index contributed by atoms with van der Waals surface area (Å²) < 4.78 is 0. The molecule has 5 heteroatoms. The lowest BCUT2D eigenvalue weighted by Gasteiger charge is -2.48. The van der Waals surface area contributed by atoms with Crippen LogP contribution < -0.4 is 5.32 Å². The van der Waals surface area contributed by atoms with Crippen LogP contribution in [0, 0.1) is 5.41 Å². The van der Waals surface area contributed by atoms with Crippen LogP contribution in [0.2, 0.25) is 0 Å². The van der Waals surface area contributed by atoms with Gasteiger partial charge in [-0.2, -0.15) is 0 Å². The van der Waals surface area contributed by atoms with Gasteiger partial charge in [0.1, 0.15) is 5.01 Å². The van der Waals surface area contributed by atoms with Crippen LogP contribution in [0.15, 0.2) is 11.6 Å². The van der Waals surface area contributed by atoms with Gasteiger partial charge in [0.2, 0.25) is 0 Å².